The van der Waals surface area contributed by atoms with E-state index in [1.54, 1.807) is 22.6 Å². The Morgan fingerprint density at radius 3 is 2.79 bits per heavy atom. The van der Waals surface area contributed by atoms with E-state index in [9.17, 15) is 8.78 Å². The van der Waals surface area contributed by atoms with Crippen LogP contribution >= 0.6 is 34.2 Å². The van der Waals surface area contributed by atoms with Crippen molar-refractivity contribution in [2.75, 3.05) is 0 Å². The molecule has 1 heterocycles. The minimum absolute atomic E-state index is 0.00836. The number of pyridine rings is 1. The van der Waals surface area contributed by atoms with E-state index in [0.717, 1.165) is 0 Å². The highest BCUT2D eigenvalue weighted by Crippen LogP contribution is 2.27. The van der Waals surface area contributed by atoms with Crippen molar-refractivity contribution in [1.29, 1.82) is 5.26 Å². The molecule has 0 aliphatic carbocycles. The van der Waals surface area contributed by atoms with Crippen LogP contribution in [-0.4, -0.2) is 4.98 Å². The average molecular weight is 328 g/mol. The Hall–Kier alpha value is -0.480. The number of rotatable bonds is 2. The van der Waals surface area contributed by atoms with E-state index in [-0.39, 0.29) is 17.3 Å². The fourth-order valence-corrected chi connectivity index (χ4v) is 1.85. The zero-order chi connectivity index (χ0) is 10.7. The molecule has 0 aliphatic heterocycles. The second-order valence-corrected chi connectivity index (χ2v) is 3.90. The molecule has 0 amide bonds. The summed E-state index contributed by atoms with van der Waals surface area (Å²) in [4.78, 5) is 3.51. The summed E-state index contributed by atoms with van der Waals surface area (Å²) in [5.74, 6) is 0. The molecule has 0 saturated heterocycles. The van der Waals surface area contributed by atoms with Gasteiger partial charge in [-0.3, -0.25) is 0 Å². The molecule has 14 heavy (non-hydrogen) atoms. The molecule has 1 aromatic heterocycles. The van der Waals surface area contributed by atoms with Crippen molar-refractivity contribution in [2.45, 2.75) is 12.8 Å². The van der Waals surface area contributed by atoms with Crippen molar-refractivity contribution in [3.63, 3.8) is 0 Å². The Morgan fingerprint density at radius 2 is 2.29 bits per heavy atom. The van der Waals surface area contributed by atoms with Gasteiger partial charge in [-0.15, -0.1) is 0 Å². The fourth-order valence-electron chi connectivity index (χ4n) is 0.926. The Balaban J connectivity index is 3.26. The zero-order valence-electron chi connectivity index (χ0n) is 6.77. The van der Waals surface area contributed by atoms with E-state index < -0.39 is 6.43 Å². The molecular weight excluding hydrogens is 324 g/mol. The van der Waals surface area contributed by atoms with Crippen LogP contribution < -0.4 is 0 Å². The lowest BCUT2D eigenvalue weighted by molar-refractivity contribution is 0.145. The molecule has 0 N–H and O–H groups in total. The maximum absolute atomic E-state index is 12.4. The Kier molecular flexibility index (Phi) is 4.01. The lowest BCUT2D eigenvalue weighted by atomic mass is 10.2. The molecule has 0 saturated carbocycles. The number of aromatic nitrogens is 1. The predicted octanol–water partition coefficient (Wildman–Crippen LogP) is 3.34. The van der Waals surface area contributed by atoms with Gasteiger partial charge < -0.3 is 0 Å². The van der Waals surface area contributed by atoms with Gasteiger partial charge in [0.25, 0.3) is 6.43 Å². The first-order valence-electron chi connectivity index (χ1n) is 3.56. The van der Waals surface area contributed by atoms with Crippen LogP contribution in [0.1, 0.15) is 17.7 Å². The molecule has 0 spiro atoms. The van der Waals surface area contributed by atoms with Crippen LogP contribution in [0, 0.1) is 14.9 Å². The van der Waals surface area contributed by atoms with Crippen LogP contribution in [0.25, 0.3) is 0 Å². The van der Waals surface area contributed by atoms with Crippen molar-refractivity contribution >= 4 is 34.2 Å². The molecule has 0 fully saturated rings. The number of alkyl halides is 2. The van der Waals surface area contributed by atoms with Gasteiger partial charge in [-0.1, -0.05) is 11.6 Å². The van der Waals surface area contributed by atoms with E-state index in [1.807, 2.05) is 6.07 Å². The quantitative estimate of drug-likeness (QED) is 0.617. The Bertz CT molecular complexity index is 390. The van der Waals surface area contributed by atoms with Crippen LogP contribution in [0.15, 0.2) is 6.07 Å². The van der Waals surface area contributed by atoms with Crippen LogP contribution in [0.5, 0.6) is 0 Å². The second kappa shape index (κ2) is 4.84. The first kappa shape index (κ1) is 11.6. The summed E-state index contributed by atoms with van der Waals surface area (Å²) in [6.45, 7) is 0. The summed E-state index contributed by atoms with van der Waals surface area (Å²) in [6, 6.07) is 3.31. The van der Waals surface area contributed by atoms with Crippen LogP contribution in [0.3, 0.4) is 0 Å². The summed E-state index contributed by atoms with van der Waals surface area (Å²) in [6.07, 6.45) is -2.61. The van der Waals surface area contributed by atoms with Gasteiger partial charge in [0.2, 0.25) is 0 Å². The van der Waals surface area contributed by atoms with Gasteiger partial charge in [0.1, 0.15) is 10.8 Å². The highest BCUT2D eigenvalue weighted by Gasteiger charge is 2.17. The smallest absolute Gasteiger partial charge is 0.234 e. The van der Waals surface area contributed by atoms with Gasteiger partial charge in [0, 0.05) is 3.57 Å². The standard InChI is InChI=1S/C8H4ClF2IN2/c9-5-3-4(1-2-13)6(12)7(14-5)8(10)11/h3,8H,1H2. The summed E-state index contributed by atoms with van der Waals surface area (Å²) in [5, 5.41) is 8.45. The first-order chi connectivity index (χ1) is 6.56. The fraction of sp³-hybridized carbons (Fsp3) is 0.250. The third-order valence-electron chi connectivity index (χ3n) is 1.50. The topological polar surface area (TPSA) is 36.7 Å². The summed E-state index contributed by atoms with van der Waals surface area (Å²) in [7, 11) is 0. The number of nitriles is 1. The number of halogens is 4. The summed E-state index contributed by atoms with van der Waals surface area (Å²) in [5.41, 5.74) is 0.131. The minimum Gasteiger partial charge on any atom is -0.234 e. The van der Waals surface area contributed by atoms with Gasteiger partial charge in [-0.2, -0.15) is 5.26 Å². The molecular formula is C8H4ClF2IN2. The third kappa shape index (κ3) is 2.51. The molecule has 74 valence electrons. The molecule has 0 radical (unpaired) electrons. The monoisotopic (exact) mass is 328 g/mol. The summed E-state index contributed by atoms with van der Waals surface area (Å²) >= 11 is 7.29. The molecule has 0 atom stereocenters. The van der Waals surface area contributed by atoms with E-state index in [4.69, 9.17) is 16.9 Å². The molecule has 0 unspecified atom stereocenters. The first-order valence-corrected chi connectivity index (χ1v) is 5.02. The molecule has 1 aromatic rings. The Labute approximate surface area is 98.0 Å². The van der Waals surface area contributed by atoms with Gasteiger partial charge >= 0.3 is 0 Å². The van der Waals surface area contributed by atoms with Crippen molar-refractivity contribution in [3.8, 4) is 6.07 Å². The van der Waals surface area contributed by atoms with E-state index in [0.29, 0.717) is 9.13 Å². The molecule has 6 heteroatoms. The largest absolute Gasteiger partial charge is 0.281 e. The van der Waals surface area contributed by atoms with E-state index in [2.05, 4.69) is 4.98 Å². The maximum atomic E-state index is 12.4. The van der Waals surface area contributed by atoms with Crippen molar-refractivity contribution in [1.82, 2.24) is 4.98 Å². The van der Waals surface area contributed by atoms with Gasteiger partial charge in [-0.05, 0) is 34.2 Å². The van der Waals surface area contributed by atoms with Crippen molar-refractivity contribution in [3.05, 3.63) is 26.0 Å². The van der Waals surface area contributed by atoms with Crippen LogP contribution in [0.4, 0.5) is 8.78 Å². The minimum atomic E-state index is -2.67. The lowest BCUT2D eigenvalue weighted by Crippen LogP contribution is -2.00. The molecule has 0 bridgehead atoms. The van der Waals surface area contributed by atoms with Crippen LogP contribution in [0.2, 0.25) is 5.15 Å². The zero-order valence-corrected chi connectivity index (χ0v) is 9.68. The number of hydrogen-bond acceptors (Lipinski definition) is 2. The number of hydrogen-bond donors (Lipinski definition) is 0. The van der Waals surface area contributed by atoms with Crippen molar-refractivity contribution in [2.24, 2.45) is 0 Å². The second-order valence-electron chi connectivity index (χ2n) is 2.44. The van der Waals surface area contributed by atoms with Gasteiger partial charge in [0.05, 0.1) is 12.5 Å². The normalized spacial score (nSPS) is 10.3. The van der Waals surface area contributed by atoms with Crippen LogP contribution in [-0.2, 0) is 6.42 Å². The van der Waals surface area contributed by atoms with Gasteiger partial charge in [-0.25, -0.2) is 13.8 Å². The highest BCUT2D eigenvalue weighted by molar-refractivity contribution is 14.1. The molecule has 2 nitrogen and oxygen atoms in total. The molecule has 0 aliphatic rings. The lowest BCUT2D eigenvalue weighted by Gasteiger charge is -2.06. The summed E-state index contributed by atoms with van der Waals surface area (Å²) < 4.78 is 25.1. The van der Waals surface area contributed by atoms with Crippen molar-refractivity contribution < 1.29 is 8.78 Å². The molecule has 1 rings (SSSR count). The Morgan fingerprint density at radius 1 is 1.64 bits per heavy atom. The average Bonchev–Trinajstić information content (AvgIpc) is 2.10. The number of nitrogens with zero attached hydrogens (tertiary/aromatic N) is 2. The highest BCUT2D eigenvalue weighted by atomic mass is 127. The predicted molar refractivity (Wildman–Crippen MR) is 56.2 cm³/mol. The van der Waals surface area contributed by atoms with E-state index in [1.165, 1.54) is 6.07 Å². The third-order valence-corrected chi connectivity index (χ3v) is 2.94. The molecule has 0 aromatic carbocycles. The maximum Gasteiger partial charge on any atom is 0.281 e. The van der Waals surface area contributed by atoms with E-state index >= 15 is 0 Å². The SMILES string of the molecule is N#CCc1cc(Cl)nc(C(F)F)c1I. The van der Waals surface area contributed by atoms with Gasteiger partial charge in [0.15, 0.2) is 0 Å².